The van der Waals surface area contributed by atoms with Crippen molar-refractivity contribution in [3.05, 3.63) is 96.1 Å². The maximum atomic E-state index is 6.68. The standard InChI is InChI=1S/C27H21OP/c1-27(2)19-15-9-10-16-20(19)28-24-21(17-11-5-3-6-12-17)22(18-13-7-4-8-14-18)25-26(29-25)23(24)27/h3-16,29H,1-2H3. The lowest BCUT2D eigenvalue weighted by Crippen LogP contribution is -2.29. The normalized spacial score (nSPS) is 15.8. The highest BCUT2D eigenvalue weighted by Gasteiger charge is 2.44. The van der Waals surface area contributed by atoms with Gasteiger partial charge in [0.05, 0.1) is 0 Å². The third kappa shape index (κ3) is 2.44. The Morgan fingerprint density at radius 3 is 1.93 bits per heavy atom. The molecule has 0 aromatic heterocycles. The third-order valence-corrected chi connectivity index (χ3v) is 7.41. The van der Waals surface area contributed by atoms with Gasteiger partial charge in [0, 0.05) is 27.7 Å². The molecule has 4 aromatic carbocycles. The molecule has 2 heterocycles. The van der Waals surface area contributed by atoms with Crippen LogP contribution in [0.2, 0.25) is 0 Å². The predicted octanol–water partition coefficient (Wildman–Crippen LogP) is 6.39. The van der Waals surface area contributed by atoms with Crippen molar-refractivity contribution in [2.24, 2.45) is 0 Å². The first-order chi connectivity index (χ1) is 14.2. The zero-order chi connectivity index (χ0) is 19.6. The van der Waals surface area contributed by atoms with Crippen LogP contribution in [0.3, 0.4) is 0 Å². The van der Waals surface area contributed by atoms with Crippen molar-refractivity contribution in [2.75, 3.05) is 0 Å². The minimum atomic E-state index is -0.0729. The summed E-state index contributed by atoms with van der Waals surface area (Å²) in [7, 11) is 0.766. The molecule has 0 amide bonds. The number of para-hydroxylation sites is 1. The van der Waals surface area contributed by atoms with Gasteiger partial charge in [0.15, 0.2) is 0 Å². The molecule has 0 spiro atoms. The fraction of sp³-hybridized carbons (Fsp3) is 0.111. The Morgan fingerprint density at radius 2 is 1.24 bits per heavy atom. The quantitative estimate of drug-likeness (QED) is 0.316. The van der Waals surface area contributed by atoms with E-state index in [4.69, 9.17) is 4.74 Å². The zero-order valence-electron chi connectivity index (χ0n) is 16.5. The Bertz CT molecular complexity index is 1260. The highest BCUT2D eigenvalue weighted by Crippen LogP contribution is 2.56. The molecule has 2 aliphatic rings. The molecule has 0 N–H and O–H groups in total. The Morgan fingerprint density at radius 1 is 0.655 bits per heavy atom. The van der Waals surface area contributed by atoms with Crippen LogP contribution in [0.25, 0.3) is 22.3 Å². The number of hydrogen-bond acceptors (Lipinski definition) is 1. The van der Waals surface area contributed by atoms with Gasteiger partial charge in [0.2, 0.25) is 0 Å². The zero-order valence-corrected chi connectivity index (χ0v) is 17.5. The molecule has 140 valence electrons. The van der Waals surface area contributed by atoms with E-state index in [1.54, 1.807) is 0 Å². The largest absolute Gasteiger partial charge is 0.456 e. The number of benzene rings is 4. The SMILES string of the molecule is CC1(C)c2ccccc2Oc2c(-c3ccccc3)c(-c3ccccc3)c3c(c21)P3. The number of fused-ring (bicyclic) bond motifs is 4. The van der Waals surface area contributed by atoms with Gasteiger partial charge in [-0.25, -0.2) is 0 Å². The van der Waals surface area contributed by atoms with Crippen LogP contribution in [0.1, 0.15) is 25.0 Å². The van der Waals surface area contributed by atoms with Crippen molar-refractivity contribution in [3.63, 3.8) is 0 Å². The molecule has 6 rings (SSSR count). The van der Waals surface area contributed by atoms with E-state index in [1.165, 1.54) is 44.0 Å². The Balaban J connectivity index is 1.73. The van der Waals surface area contributed by atoms with Crippen LogP contribution in [-0.4, -0.2) is 0 Å². The summed E-state index contributed by atoms with van der Waals surface area (Å²) in [6.07, 6.45) is 0. The second kappa shape index (κ2) is 6.05. The maximum absolute atomic E-state index is 6.68. The van der Waals surface area contributed by atoms with Crippen LogP contribution < -0.4 is 15.3 Å². The average Bonchev–Trinajstić information content (AvgIpc) is 3.54. The van der Waals surface area contributed by atoms with Gasteiger partial charge >= 0.3 is 0 Å². The van der Waals surface area contributed by atoms with Gasteiger partial charge < -0.3 is 4.74 Å². The first kappa shape index (κ1) is 17.0. The van der Waals surface area contributed by atoms with E-state index < -0.39 is 0 Å². The summed E-state index contributed by atoms with van der Waals surface area (Å²) in [4.78, 5) is 0. The molecule has 0 radical (unpaired) electrons. The first-order valence-corrected chi connectivity index (χ1v) is 11.1. The molecular formula is C27H21OP. The third-order valence-electron chi connectivity index (χ3n) is 6.16. The van der Waals surface area contributed by atoms with Crippen LogP contribution in [0, 0.1) is 0 Å². The lowest BCUT2D eigenvalue weighted by atomic mass is 9.74. The van der Waals surface area contributed by atoms with E-state index >= 15 is 0 Å². The second-order valence-electron chi connectivity index (χ2n) is 8.28. The smallest absolute Gasteiger partial charge is 0.140 e. The van der Waals surface area contributed by atoms with E-state index in [-0.39, 0.29) is 5.41 Å². The molecule has 29 heavy (non-hydrogen) atoms. The van der Waals surface area contributed by atoms with Gasteiger partial charge in [-0.2, -0.15) is 0 Å². The van der Waals surface area contributed by atoms with E-state index in [9.17, 15) is 0 Å². The summed E-state index contributed by atoms with van der Waals surface area (Å²) in [5, 5.41) is 3.00. The number of rotatable bonds is 2. The molecule has 0 aliphatic carbocycles. The minimum Gasteiger partial charge on any atom is -0.456 e. The molecule has 2 heteroatoms. The van der Waals surface area contributed by atoms with Gasteiger partial charge in [-0.1, -0.05) is 101 Å². The van der Waals surface area contributed by atoms with Crippen molar-refractivity contribution in [1.29, 1.82) is 0 Å². The Hall–Kier alpha value is -2.89. The van der Waals surface area contributed by atoms with Crippen molar-refractivity contribution in [2.45, 2.75) is 19.3 Å². The van der Waals surface area contributed by atoms with Crippen molar-refractivity contribution in [3.8, 4) is 33.8 Å². The molecule has 0 bridgehead atoms. The van der Waals surface area contributed by atoms with Gasteiger partial charge in [0.25, 0.3) is 0 Å². The highest BCUT2D eigenvalue weighted by atomic mass is 31.1. The molecule has 2 aliphatic heterocycles. The van der Waals surface area contributed by atoms with Crippen molar-refractivity contribution >= 4 is 19.2 Å². The van der Waals surface area contributed by atoms with Crippen LogP contribution in [0.15, 0.2) is 84.9 Å². The lowest BCUT2D eigenvalue weighted by molar-refractivity contribution is 0.422. The van der Waals surface area contributed by atoms with Crippen molar-refractivity contribution < 1.29 is 4.74 Å². The highest BCUT2D eigenvalue weighted by molar-refractivity contribution is 7.68. The number of hydrogen-bond donors (Lipinski definition) is 0. The van der Waals surface area contributed by atoms with Crippen molar-refractivity contribution in [1.82, 2.24) is 0 Å². The average molecular weight is 392 g/mol. The van der Waals surface area contributed by atoms with E-state index in [0.717, 1.165) is 20.1 Å². The fourth-order valence-electron chi connectivity index (χ4n) is 4.73. The Kier molecular flexibility index (Phi) is 3.55. The topological polar surface area (TPSA) is 9.23 Å². The fourth-order valence-corrected chi connectivity index (χ4v) is 6.12. The van der Waals surface area contributed by atoms with Gasteiger partial charge in [-0.05, 0) is 27.8 Å². The summed E-state index contributed by atoms with van der Waals surface area (Å²) in [5.41, 5.74) is 7.65. The molecule has 0 saturated heterocycles. The monoisotopic (exact) mass is 392 g/mol. The minimum absolute atomic E-state index is 0.0729. The van der Waals surface area contributed by atoms with Gasteiger partial charge in [0.1, 0.15) is 11.5 Å². The summed E-state index contributed by atoms with van der Waals surface area (Å²) in [6.45, 7) is 4.68. The van der Waals surface area contributed by atoms with E-state index in [2.05, 4.69) is 98.8 Å². The van der Waals surface area contributed by atoms with Gasteiger partial charge in [-0.3, -0.25) is 0 Å². The van der Waals surface area contributed by atoms with Crippen LogP contribution in [0.5, 0.6) is 11.5 Å². The molecule has 1 nitrogen and oxygen atoms in total. The van der Waals surface area contributed by atoms with Crippen LogP contribution >= 0.6 is 8.58 Å². The van der Waals surface area contributed by atoms with E-state index in [1.807, 2.05) is 0 Å². The van der Waals surface area contributed by atoms with Crippen LogP contribution in [0.4, 0.5) is 0 Å². The number of ether oxygens (including phenoxy) is 1. The summed E-state index contributed by atoms with van der Waals surface area (Å²) >= 11 is 0. The molecule has 1 atom stereocenters. The molecule has 0 fully saturated rings. The van der Waals surface area contributed by atoms with Crippen LogP contribution in [-0.2, 0) is 5.41 Å². The molecule has 4 aromatic rings. The predicted molar refractivity (Wildman–Crippen MR) is 124 cm³/mol. The maximum Gasteiger partial charge on any atom is 0.140 e. The Labute approximate surface area is 173 Å². The molecular weight excluding hydrogens is 371 g/mol. The summed E-state index contributed by atoms with van der Waals surface area (Å²) in [6, 6.07) is 30.0. The van der Waals surface area contributed by atoms with Gasteiger partial charge in [-0.15, -0.1) is 0 Å². The second-order valence-corrected chi connectivity index (χ2v) is 9.53. The summed E-state index contributed by atoms with van der Waals surface area (Å²) < 4.78 is 6.68. The van der Waals surface area contributed by atoms with E-state index in [0.29, 0.717) is 0 Å². The summed E-state index contributed by atoms with van der Waals surface area (Å²) in [5.74, 6) is 2.02. The molecule has 0 saturated carbocycles. The first-order valence-electron chi connectivity index (χ1n) is 10.1. The lowest BCUT2D eigenvalue weighted by Gasteiger charge is -2.36. The molecule has 1 unspecified atom stereocenters.